The van der Waals surface area contributed by atoms with Crippen LogP contribution in [0.15, 0.2) is 53.4 Å². The minimum Gasteiger partial charge on any atom is -0.462 e. The van der Waals surface area contributed by atoms with E-state index in [1.165, 1.54) is 42.5 Å². The third-order valence-electron chi connectivity index (χ3n) is 3.50. The zero-order valence-electron chi connectivity index (χ0n) is 15.6. The van der Waals surface area contributed by atoms with Gasteiger partial charge >= 0.3 is 5.97 Å². The van der Waals surface area contributed by atoms with E-state index in [2.05, 4.69) is 10.0 Å². The summed E-state index contributed by atoms with van der Waals surface area (Å²) >= 11 is 0. The number of nitrogens with zero attached hydrogens (tertiary/aromatic N) is 1. The average Bonchev–Trinajstić information content (AvgIpc) is 2.66. The zero-order valence-corrected chi connectivity index (χ0v) is 16.4. The number of anilines is 1. The minimum atomic E-state index is -4.05. The van der Waals surface area contributed by atoms with Gasteiger partial charge in [-0.2, -0.15) is 0 Å². The fourth-order valence-corrected chi connectivity index (χ4v) is 3.32. The summed E-state index contributed by atoms with van der Waals surface area (Å²) in [6.07, 6.45) is -0.294. The van der Waals surface area contributed by atoms with Gasteiger partial charge in [0.2, 0.25) is 0 Å². The molecule has 0 atom stereocenters. The van der Waals surface area contributed by atoms with Crippen LogP contribution in [0.1, 0.15) is 24.2 Å². The Balaban J connectivity index is 2.04. The lowest BCUT2D eigenvalue weighted by molar-refractivity contribution is -0.385. The van der Waals surface area contributed by atoms with Crippen molar-refractivity contribution >= 4 is 33.3 Å². The molecular weight excluding hydrogens is 402 g/mol. The highest BCUT2D eigenvalue weighted by Gasteiger charge is 2.18. The lowest BCUT2D eigenvalue weighted by atomic mass is 10.2. The fraction of sp³-hybridized carbons (Fsp3) is 0.222. The quantitative estimate of drug-likeness (QED) is 0.377. The van der Waals surface area contributed by atoms with Crippen molar-refractivity contribution in [1.82, 2.24) is 5.32 Å². The normalized spacial score (nSPS) is 11.0. The number of benzene rings is 2. The maximum absolute atomic E-state index is 12.4. The van der Waals surface area contributed by atoms with E-state index in [1.54, 1.807) is 13.8 Å². The third kappa shape index (κ3) is 6.28. The number of carbonyl (C=O) groups is 2. The number of nitro groups is 1. The van der Waals surface area contributed by atoms with Crippen molar-refractivity contribution in [3.63, 3.8) is 0 Å². The number of carbonyl (C=O) groups excluding carboxylic acids is 2. The minimum absolute atomic E-state index is 0.160. The number of hydrogen-bond acceptors (Lipinski definition) is 7. The first kappa shape index (κ1) is 21.8. The largest absolute Gasteiger partial charge is 0.462 e. The van der Waals surface area contributed by atoms with Gasteiger partial charge in [0.25, 0.3) is 21.6 Å². The predicted molar refractivity (Wildman–Crippen MR) is 104 cm³/mol. The molecule has 2 rings (SSSR count). The molecule has 0 fully saturated rings. The third-order valence-corrected chi connectivity index (χ3v) is 4.88. The summed E-state index contributed by atoms with van der Waals surface area (Å²) in [7, 11) is -4.05. The van der Waals surface area contributed by atoms with Gasteiger partial charge in [-0.15, -0.1) is 0 Å². The Morgan fingerprint density at radius 1 is 1.14 bits per heavy atom. The van der Waals surface area contributed by atoms with Gasteiger partial charge in [-0.3, -0.25) is 24.4 Å². The number of non-ortho nitro benzene ring substituents is 1. The molecule has 2 N–H and O–H groups in total. The molecule has 0 aliphatic rings. The molecule has 154 valence electrons. The van der Waals surface area contributed by atoms with Crippen molar-refractivity contribution in [2.45, 2.75) is 24.8 Å². The van der Waals surface area contributed by atoms with E-state index in [0.717, 1.165) is 6.07 Å². The number of ether oxygens (including phenoxy) is 1. The Morgan fingerprint density at radius 3 is 2.38 bits per heavy atom. The van der Waals surface area contributed by atoms with Crippen molar-refractivity contribution in [3.05, 3.63) is 64.2 Å². The molecule has 0 unspecified atom stereocenters. The summed E-state index contributed by atoms with van der Waals surface area (Å²) in [6, 6.07) is 10.1. The standard InChI is InChI=1S/C18H19N3O7S/c1-12(2)28-17(22)11-19-18(23)13-6-8-14(9-7-13)20-29(26,27)16-5-3-4-15(10-16)21(24)25/h3-10,12,20H,11H2,1-2H3,(H,19,23). The topological polar surface area (TPSA) is 145 Å². The number of amides is 1. The van der Waals surface area contributed by atoms with Gasteiger partial charge in [0.1, 0.15) is 6.54 Å². The maximum atomic E-state index is 12.4. The second kappa shape index (κ2) is 9.15. The number of hydrogen-bond donors (Lipinski definition) is 2. The second-order valence-corrected chi connectivity index (χ2v) is 7.84. The van der Waals surface area contributed by atoms with Crippen molar-refractivity contribution < 1.29 is 27.7 Å². The first-order valence-electron chi connectivity index (χ1n) is 8.43. The van der Waals surface area contributed by atoms with E-state index in [4.69, 9.17) is 4.74 Å². The van der Waals surface area contributed by atoms with Crippen LogP contribution in [0, 0.1) is 10.1 Å². The molecule has 0 radical (unpaired) electrons. The van der Waals surface area contributed by atoms with Gasteiger partial charge in [0, 0.05) is 23.4 Å². The number of nitro benzene ring substituents is 1. The number of esters is 1. The monoisotopic (exact) mass is 421 g/mol. The summed E-state index contributed by atoms with van der Waals surface area (Å²) in [5, 5.41) is 13.2. The van der Waals surface area contributed by atoms with Crippen LogP contribution in [-0.2, 0) is 19.6 Å². The van der Waals surface area contributed by atoms with E-state index in [0.29, 0.717) is 0 Å². The molecule has 2 aromatic rings. The Morgan fingerprint density at radius 2 is 1.79 bits per heavy atom. The van der Waals surface area contributed by atoms with Gasteiger partial charge in [-0.05, 0) is 44.2 Å². The van der Waals surface area contributed by atoms with E-state index in [1.807, 2.05) is 0 Å². The SMILES string of the molecule is CC(C)OC(=O)CNC(=O)c1ccc(NS(=O)(=O)c2cccc([N+](=O)[O-])c2)cc1. The molecule has 10 nitrogen and oxygen atoms in total. The first-order chi connectivity index (χ1) is 13.6. The van der Waals surface area contributed by atoms with Crippen LogP contribution in [-0.4, -0.2) is 37.9 Å². The molecule has 0 aromatic heterocycles. The summed E-state index contributed by atoms with van der Waals surface area (Å²) in [4.78, 5) is 33.3. The van der Waals surface area contributed by atoms with Crippen LogP contribution in [0.4, 0.5) is 11.4 Å². The Kier molecular flexibility index (Phi) is 6.89. The predicted octanol–water partition coefficient (Wildman–Crippen LogP) is 2.08. The van der Waals surface area contributed by atoms with E-state index in [-0.39, 0.29) is 34.5 Å². The summed E-state index contributed by atoms with van der Waals surface area (Å²) in [5.41, 5.74) is 0.0174. The molecule has 29 heavy (non-hydrogen) atoms. The van der Waals surface area contributed by atoms with Crippen molar-refractivity contribution in [3.8, 4) is 0 Å². The molecule has 11 heteroatoms. The summed E-state index contributed by atoms with van der Waals surface area (Å²) in [6.45, 7) is 3.08. The van der Waals surface area contributed by atoms with Gasteiger partial charge in [0.15, 0.2) is 0 Å². The summed E-state index contributed by atoms with van der Waals surface area (Å²) in [5.74, 6) is -1.10. The van der Waals surface area contributed by atoms with Gasteiger partial charge in [-0.1, -0.05) is 6.07 Å². The first-order valence-corrected chi connectivity index (χ1v) is 9.92. The molecule has 0 heterocycles. The van der Waals surface area contributed by atoms with Crippen LogP contribution in [0.25, 0.3) is 0 Å². The van der Waals surface area contributed by atoms with E-state index < -0.39 is 26.8 Å². The molecule has 1 amide bonds. The van der Waals surface area contributed by atoms with Crippen LogP contribution in [0.2, 0.25) is 0 Å². The van der Waals surface area contributed by atoms with Crippen molar-refractivity contribution in [2.24, 2.45) is 0 Å². The van der Waals surface area contributed by atoms with Gasteiger partial charge in [-0.25, -0.2) is 8.42 Å². The fourth-order valence-electron chi connectivity index (χ4n) is 2.23. The molecule has 2 aromatic carbocycles. The van der Waals surface area contributed by atoms with Gasteiger partial charge in [0.05, 0.1) is 15.9 Å². The maximum Gasteiger partial charge on any atom is 0.325 e. The second-order valence-electron chi connectivity index (χ2n) is 6.16. The Bertz CT molecular complexity index is 1020. The van der Waals surface area contributed by atoms with Crippen molar-refractivity contribution in [1.29, 1.82) is 0 Å². The van der Waals surface area contributed by atoms with E-state index >= 15 is 0 Å². The molecule has 0 saturated carbocycles. The van der Waals surface area contributed by atoms with Crippen molar-refractivity contribution in [2.75, 3.05) is 11.3 Å². The molecule has 0 aliphatic carbocycles. The molecule has 0 saturated heterocycles. The van der Waals surface area contributed by atoms with Crippen LogP contribution >= 0.6 is 0 Å². The van der Waals surface area contributed by atoms with Crippen LogP contribution < -0.4 is 10.0 Å². The molecule has 0 bridgehead atoms. The summed E-state index contributed by atoms with van der Waals surface area (Å²) < 4.78 is 32.0. The molecular formula is C18H19N3O7S. The highest BCUT2D eigenvalue weighted by molar-refractivity contribution is 7.92. The molecule has 0 aliphatic heterocycles. The smallest absolute Gasteiger partial charge is 0.325 e. The van der Waals surface area contributed by atoms with Gasteiger partial charge < -0.3 is 10.1 Å². The van der Waals surface area contributed by atoms with Crippen LogP contribution in [0.5, 0.6) is 0 Å². The lowest BCUT2D eigenvalue weighted by Gasteiger charge is -2.10. The average molecular weight is 421 g/mol. The Hall–Kier alpha value is -3.47. The zero-order chi connectivity index (χ0) is 21.6. The van der Waals surface area contributed by atoms with Crippen LogP contribution in [0.3, 0.4) is 0 Å². The Labute approximate surface area is 167 Å². The highest BCUT2D eigenvalue weighted by Crippen LogP contribution is 2.20. The number of sulfonamides is 1. The highest BCUT2D eigenvalue weighted by atomic mass is 32.2. The molecule has 0 spiro atoms. The lowest BCUT2D eigenvalue weighted by Crippen LogP contribution is -2.31. The van der Waals surface area contributed by atoms with E-state index in [9.17, 15) is 28.1 Å². The number of rotatable bonds is 8. The number of nitrogens with one attached hydrogen (secondary N) is 2.